The van der Waals surface area contributed by atoms with Crippen LogP contribution in [0.4, 0.5) is 23.3 Å². The van der Waals surface area contributed by atoms with Gasteiger partial charge in [-0.3, -0.25) is 9.67 Å². The maximum Gasteiger partial charge on any atom is 0.225 e. The van der Waals surface area contributed by atoms with Gasteiger partial charge in [-0.05, 0) is 31.9 Å². The Kier molecular flexibility index (Phi) is 5.19. The monoisotopic (exact) mass is 420 g/mol. The largest absolute Gasteiger partial charge is 0.379 e. The van der Waals surface area contributed by atoms with Crippen LogP contribution in [0.15, 0.2) is 24.5 Å². The van der Waals surface area contributed by atoms with Crippen LogP contribution in [-0.4, -0.2) is 50.5 Å². The molecule has 162 valence electrons. The summed E-state index contributed by atoms with van der Waals surface area (Å²) in [4.78, 5) is 16.6. The average Bonchev–Trinajstić information content (AvgIpc) is 3.42. The van der Waals surface area contributed by atoms with E-state index in [4.69, 9.17) is 14.7 Å². The molecule has 3 aromatic rings. The van der Waals surface area contributed by atoms with E-state index in [2.05, 4.69) is 38.6 Å². The SMILES string of the molecule is Cc1nc(NC2CCOC2)nc(N2CCc3ncc(Nc4ccnn4C)cc3C2)c1C. The van der Waals surface area contributed by atoms with Gasteiger partial charge in [-0.2, -0.15) is 10.1 Å². The number of nitrogens with zero attached hydrogens (tertiary/aromatic N) is 6. The van der Waals surface area contributed by atoms with Gasteiger partial charge in [0.05, 0.1) is 30.7 Å². The molecule has 0 spiro atoms. The summed E-state index contributed by atoms with van der Waals surface area (Å²) in [6.07, 6.45) is 5.55. The molecule has 0 saturated carbocycles. The molecular weight excluding hydrogens is 392 g/mol. The molecule has 1 atom stereocenters. The van der Waals surface area contributed by atoms with Crippen LogP contribution >= 0.6 is 0 Å². The summed E-state index contributed by atoms with van der Waals surface area (Å²) in [7, 11) is 1.92. The highest BCUT2D eigenvalue weighted by atomic mass is 16.5. The standard InChI is InChI=1S/C22H28N8O/c1-14-15(2)25-22(27-17-6-9-31-13-17)28-21(14)30-8-5-19-16(12-30)10-18(11-23-19)26-20-4-7-24-29(20)3/h4,7,10-11,17,26H,5-6,8-9,12-13H2,1-3H3,(H,25,27,28). The van der Waals surface area contributed by atoms with Crippen molar-refractivity contribution >= 4 is 23.3 Å². The van der Waals surface area contributed by atoms with Crippen LogP contribution < -0.4 is 15.5 Å². The van der Waals surface area contributed by atoms with E-state index in [0.717, 1.165) is 66.8 Å². The number of hydrogen-bond acceptors (Lipinski definition) is 8. The van der Waals surface area contributed by atoms with Gasteiger partial charge in [0, 0.05) is 56.2 Å². The molecule has 5 rings (SSSR count). The molecule has 31 heavy (non-hydrogen) atoms. The van der Waals surface area contributed by atoms with Gasteiger partial charge in [0.2, 0.25) is 5.95 Å². The molecule has 9 nitrogen and oxygen atoms in total. The summed E-state index contributed by atoms with van der Waals surface area (Å²) in [6.45, 7) is 7.30. The number of ether oxygens (including phenoxy) is 1. The van der Waals surface area contributed by atoms with Crippen molar-refractivity contribution in [3.05, 3.63) is 47.0 Å². The maximum absolute atomic E-state index is 5.48. The third-order valence-corrected chi connectivity index (χ3v) is 6.06. The van der Waals surface area contributed by atoms with Crippen LogP contribution in [0.1, 0.15) is 28.9 Å². The van der Waals surface area contributed by atoms with Crippen LogP contribution in [0.2, 0.25) is 0 Å². The highest BCUT2D eigenvalue weighted by molar-refractivity contribution is 5.58. The quantitative estimate of drug-likeness (QED) is 0.651. The summed E-state index contributed by atoms with van der Waals surface area (Å²) in [5.74, 6) is 2.61. The fraction of sp³-hybridized carbons (Fsp3) is 0.455. The molecule has 1 unspecified atom stereocenters. The van der Waals surface area contributed by atoms with E-state index in [1.54, 1.807) is 6.20 Å². The van der Waals surface area contributed by atoms with E-state index in [1.165, 1.54) is 5.56 Å². The number of aryl methyl sites for hydroxylation is 2. The van der Waals surface area contributed by atoms with Crippen molar-refractivity contribution in [2.75, 3.05) is 35.3 Å². The zero-order valence-electron chi connectivity index (χ0n) is 18.2. The minimum atomic E-state index is 0.280. The summed E-state index contributed by atoms with van der Waals surface area (Å²) in [5.41, 5.74) is 5.45. The molecule has 2 aliphatic rings. The van der Waals surface area contributed by atoms with Gasteiger partial charge in [0.25, 0.3) is 0 Å². The van der Waals surface area contributed by atoms with Crippen LogP contribution in [0.5, 0.6) is 0 Å². The van der Waals surface area contributed by atoms with Crippen molar-refractivity contribution in [2.45, 2.75) is 39.3 Å². The van der Waals surface area contributed by atoms with E-state index < -0.39 is 0 Å². The van der Waals surface area contributed by atoms with Gasteiger partial charge in [0.1, 0.15) is 11.6 Å². The molecule has 1 saturated heterocycles. The van der Waals surface area contributed by atoms with Crippen LogP contribution in [0.25, 0.3) is 0 Å². The lowest BCUT2D eigenvalue weighted by molar-refractivity contribution is 0.195. The van der Waals surface area contributed by atoms with Crippen molar-refractivity contribution < 1.29 is 4.74 Å². The molecular formula is C22H28N8O. The maximum atomic E-state index is 5.48. The molecule has 0 bridgehead atoms. The normalized spacial score (nSPS) is 18.2. The average molecular weight is 421 g/mol. The second kappa shape index (κ2) is 8.14. The Hall–Kier alpha value is -3.20. The lowest BCUT2D eigenvalue weighted by Crippen LogP contribution is -2.33. The van der Waals surface area contributed by atoms with Crippen LogP contribution in [0.3, 0.4) is 0 Å². The molecule has 1 fully saturated rings. The minimum Gasteiger partial charge on any atom is -0.379 e. The first-order chi connectivity index (χ1) is 15.1. The zero-order valence-corrected chi connectivity index (χ0v) is 18.2. The first-order valence-corrected chi connectivity index (χ1v) is 10.7. The van der Waals surface area contributed by atoms with E-state index in [9.17, 15) is 0 Å². The van der Waals surface area contributed by atoms with E-state index in [-0.39, 0.29) is 6.04 Å². The predicted molar refractivity (Wildman–Crippen MR) is 120 cm³/mol. The highest BCUT2D eigenvalue weighted by Gasteiger charge is 2.23. The number of anilines is 4. The molecule has 0 aromatic carbocycles. The van der Waals surface area contributed by atoms with Gasteiger partial charge in [-0.1, -0.05) is 0 Å². The first kappa shape index (κ1) is 19.7. The molecule has 0 aliphatic carbocycles. The molecule has 0 radical (unpaired) electrons. The topological polar surface area (TPSA) is 93.0 Å². The Labute approximate surface area is 181 Å². The number of hydrogen-bond donors (Lipinski definition) is 2. The highest BCUT2D eigenvalue weighted by Crippen LogP contribution is 2.29. The number of aromatic nitrogens is 5. The molecule has 9 heteroatoms. The number of nitrogens with one attached hydrogen (secondary N) is 2. The lowest BCUT2D eigenvalue weighted by Gasteiger charge is -2.31. The van der Waals surface area contributed by atoms with E-state index in [0.29, 0.717) is 12.6 Å². The van der Waals surface area contributed by atoms with Gasteiger partial charge >= 0.3 is 0 Å². The fourth-order valence-electron chi connectivity index (χ4n) is 4.14. The second-order valence-electron chi connectivity index (χ2n) is 8.25. The third kappa shape index (κ3) is 4.05. The Morgan fingerprint density at radius 1 is 1.23 bits per heavy atom. The van der Waals surface area contributed by atoms with E-state index in [1.807, 2.05) is 30.9 Å². The van der Waals surface area contributed by atoms with Gasteiger partial charge in [0.15, 0.2) is 0 Å². The second-order valence-corrected chi connectivity index (χ2v) is 8.25. The number of pyridine rings is 1. The number of fused-ring (bicyclic) bond motifs is 1. The van der Waals surface area contributed by atoms with Crippen molar-refractivity contribution in [3.63, 3.8) is 0 Å². The minimum absolute atomic E-state index is 0.280. The molecule has 2 N–H and O–H groups in total. The van der Waals surface area contributed by atoms with Crippen LogP contribution in [-0.2, 0) is 24.8 Å². The molecule has 5 heterocycles. The fourth-order valence-corrected chi connectivity index (χ4v) is 4.14. The van der Waals surface area contributed by atoms with Crippen LogP contribution in [0, 0.1) is 13.8 Å². The third-order valence-electron chi connectivity index (χ3n) is 6.06. The number of rotatable bonds is 5. The van der Waals surface area contributed by atoms with Gasteiger partial charge in [-0.25, -0.2) is 4.98 Å². The molecule has 3 aromatic heterocycles. The lowest BCUT2D eigenvalue weighted by atomic mass is 10.0. The van der Waals surface area contributed by atoms with Crippen molar-refractivity contribution in [1.29, 1.82) is 0 Å². The molecule has 0 amide bonds. The molecule has 2 aliphatic heterocycles. The predicted octanol–water partition coefficient (Wildman–Crippen LogP) is 2.73. The Morgan fingerprint density at radius 3 is 2.90 bits per heavy atom. The Balaban J connectivity index is 1.38. The van der Waals surface area contributed by atoms with Crippen molar-refractivity contribution in [3.8, 4) is 0 Å². The summed E-state index contributed by atoms with van der Waals surface area (Å²) in [6, 6.07) is 4.41. The summed E-state index contributed by atoms with van der Waals surface area (Å²) in [5, 5.41) is 11.1. The van der Waals surface area contributed by atoms with Crippen molar-refractivity contribution in [1.82, 2.24) is 24.7 Å². The van der Waals surface area contributed by atoms with Gasteiger partial charge in [-0.15, -0.1) is 0 Å². The zero-order chi connectivity index (χ0) is 21.4. The van der Waals surface area contributed by atoms with E-state index >= 15 is 0 Å². The Morgan fingerprint density at radius 2 is 2.13 bits per heavy atom. The summed E-state index contributed by atoms with van der Waals surface area (Å²) >= 11 is 0. The van der Waals surface area contributed by atoms with Gasteiger partial charge < -0.3 is 20.3 Å². The smallest absolute Gasteiger partial charge is 0.225 e. The Bertz CT molecular complexity index is 1090. The first-order valence-electron chi connectivity index (χ1n) is 10.7. The summed E-state index contributed by atoms with van der Waals surface area (Å²) < 4.78 is 7.29. The van der Waals surface area contributed by atoms with Crippen molar-refractivity contribution in [2.24, 2.45) is 7.05 Å².